The van der Waals surface area contributed by atoms with Gasteiger partial charge >= 0.3 is 6.18 Å². The Bertz CT molecular complexity index is 673. The van der Waals surface area contributed by atoms with E-state index in [0.29, 0.717) is 5.56 Å². The summed E-state index contributed by atoms with van der Waals surface area (Å²) in [7, 11) is 0. The van der Waals surface area contributed by atoms with Crippen molar-refractivity contribution in [3.63, 3.8) is 0 Å². The predicted octanol–water partition coefficient (Wildman–Crippen LogP) is 4.00. The monoisotopic (exact) mass is 358 g/mol. The highest BCUT2D eigenvalue weighted by Crippen LogP contribution is 2.32. The lowest BCUT2D eigenvalue weighted by Gasteiger charge is -2.12. The molecule has 7 heteroatoms. The van der Waals surface area contributed by atoms with Crippen LogP contribution in [0.3, 0.4) is 0 Å². The van der Waals surface area contributed by atoms with E-state index in [1.54, 1.807) is 6.07 Å². The lowest BCUT2D eigenvalue weighted by molar-refractivity contribution is -0.137. The van der Waals surface area contributed by atoms with Gasteiger partial charge in [-0.2, -0.15) is 13.2 Å². The van der Waals surface area contributed by atoms with Crippen LogP contribution in [0.1, 0.15) is 26.3 Å². The second-order valence-corrected chi connectivity index (χ2v) is 5.24. The molecule has 0 saturated carbocycles. The first-order valence-electron chi connectivity index (χ1n) is 5.86. The summed E-state index contributed by atoms with van der Waals surface area (Å²) in [5.41, 5.74) is 5.17. The summed E-state index contributed by atoms with van der Waals surface area (Å²) in [5, 5.41) is 0. The van der Waals surface area contributed by atoms with Gasteiger partial charge in [0.15, 0.2) is 5.78 Å². The molecule has 110 valence electrons. The summed E-state index contributed by atoms with van der Waals surface area (Å²) in [5.74, 6) is -0.250. The van der Waals surface area contributed by atoms with Crippen molar-refractivity contribution in [3.05, 3.63) is 59.3 Å². The molecule has 0 aliphatic rings. The molecule has 0 aliphatic carbocycles. The zero-order chi connectivity index (χ0) is 15.6. The van der Waals surface area contributed by atoms with Gasteiger partial charge in [-0.1, -0.05) is 28.1 Å². The Labute approximate surface area is 127 Å². The number of carbonyl (C=O) groups excluding carboxylic acids is 1. The molecule has 2 N–H and O–H groups in total. The number of nitrogens with zero attached hydrogens (tertiary/aromatic N) is 1. The first-order valence-corrected chi connectivity index (χ1v) is 6.77. The third kappa shape index (κ3) is 3.60. The number of halogens is 4. The van der Waals surface area contributed by atoms with Crippen molar-refractivity contribution in [2.45, 2.75) is 11.0 Å². The molecule has 0 aliphatic heterocycles. The highest BCUT2D eigenvalue weighted by molar-refractivity contribution is 9.09. The van der Waals surface area contributed by atoms with Crippen molar-refractivity contribution in [1.29, 1.82) is 0 Å². The van der Waals surface area contributed by atoms with Gasteiger partial charge in [0.2, 0.25) is 0 Å². The van der Waals surface area contributed by atoms with Gasteiger partial charge in [-0.05, 0) is 29.8 Å². The van der Waals surface area contributed by atoms with Gasteiger partial charge in [-0.25, -0.2) is 4.98 Å². The number of nitrogen functional groups attached to an aromatic ring is 1. The van der Waals surface area contributed by atoms with Crippen LogP contribution < -0.4 is 5.73 Å². The third-order valence-corrected chi connectivity index (χ3v) is 3.75. The number of Topliss-reactive ketones (excluding diaryl/α,β-unsaturated/α-hetero) is 1. The number of hydrogen-bond acceptors (Lipinski definition) is 3. The van der Waals surface area contributed by atoms with Gasteiger partial charge in [0.1, 0.15) is 10.6 Å². The fourth-order valence-electron chi connectivity index (χ4n) is 1.77. The first-order chi connectivity index (χ1) is 9.79. The number of anilines is 1. The smallest absolute Gasteiger partial charge is 0.384 e. The lowest BCUT2D eigenvalue weighted by Crippen LogP contribution is -2.11. The SMILES string of the molecule is Nc1cc([C@@H](Br)C(=O)c2cccc(C(F)(F)F)c2)ccn1. The van der Waals surface area contributed by atoms with Crippen LogP contribution in [0.5, 0.6) is 0 Å². The van der Waals surface area contributed by atoms with E-state index in [1.807, 2.05) is 0 Å². The molecule has 1 atom stereocenters. The second-order valence-electron chi connectivity index (χ2n) is 4.32. The van der Waals surface area contributed by atoms with E-state index in [2.05, 4.69) is 20.9 Å². The molecule has 0 radical (unpaired) electrons. The molecular weight excluding hydrogens is 349 g/mol. The van der Waals surface area contributed by atoms with Gasteiger partial charge < -0.3 is 5.73 Å². The molecule has 0 spiro atoms. The highest BCUT2D eigenvalue weighted by atomic mass is 79.9. The Morgan fingerprint density at radius 1 is 1.24 bits per heavy atom. The minimum Gasteiger partial charge on any atom is -0.384 e. The number of alkyl halides is 4. The first kappa shape index (κ1) is 15.5. The minimum atomic E-state index is -4.49. The van der Waals surface area contributed by atoms with Crippen molar-refractivity contribution >= 4 is 27.5 Å². The summed E-state index contributed by atoms with van der Waals surface area (Å²) in [4.78, 5) is 15.3. The topological polar surface area (TPSA) is 56.0 Å². The van der Waals surface area contributed by atoms with Crippen molar-refractivity contribution in [2.75, 3.05) is 5.73 Å². The van der Waals surface area contributed by atoms with E-state index in [0.717, 1.165) is 12.1 Å². The Morgan fingerprint density at radius 2 is 1.95 bits per heavy atom. The predicted molar refractivity (Wildman–Crippen MR) is 76.1 cm³/mol. The number of rotatable bonds is 3. The molecule has 0 bridgehead atoms. The van der Waals surface area contributed by atoms with E-state index in [4.69, 9.17) is 5.73 Å². The Balaban J connectivity index is 2.32. The van der Waals surface area contributed by atoms with Crippen LogP contribution in [-0.2, 0) is 6.18 Å². The van der Waals surface area contributed by atoms with Crippen molar-refractivity contribution < 1.29 is 18.0 Å². The Kier molecular flexibility index (Phi) is 4.32. The number of ketones is 1. The van der Waals surface area contributed by atoms with E-state index < -0.39 is 22.4 Å². The number of benzene rings is 1. The number of aromatic nitrogens is 1. The Hall–Kier alpha value is -1.89. The van der Waals surface area contributed by atoms with E-state index in [-0.39, 0.29) is 11.4 Å². The fraction of sp³-hybridized carbons (Fsp3) is 0.143. The van der Waals surface area contributed by atoms with Gasteiger partial charge in [0.25, 0.3) is 0 Å². The van der Waals surface area contributed by atoms with Crippen LogP contribution in [0.25, 0.3) is 0 Å². The molecule has 2 rings (SSSR count). The van der Waals surface area contributed by atoms with Gasteiger partial charge in [0, 0.05) is 11.8 Å². The van der Waals surface area contributed by atoms with Gasteiger partial charge in [-0.3, -0.25) is 4.79 Å². The maximum Gasteiger partial charge on any atom is 0.416 e. The molecule has 0 amide bonds. The normalized spacial score (nSPS) is 13.0. The van der Waals surface area contributed by atoms with Crippen molar-refractivity contribution in [2.24, 2.45) is 0 Å². The van der Waals surface area contributed by atoms with Crippen molar-refractivity contribution in [3.8, 4) is 0 Å². The zero-order valence-corrected chi connectivity index (χ0v) is 12.1. The number of carbonyl (C=O) groups is 1. The molecule has 21 heavy (non-hydrogen) atoms. The standard InChI is InChI=1S/C14H10BrF3N2O/c15-12(8-4-5-20-11(19)7-8)13(21)9-2-1-3-10(6-9)14(16,17)18/h1-7,12H,(H2,19,20)/t12-/m1/s1. The summed E-state index contributed by atoms with van der Waals surface area (Å²) in [6.45, 7) is 0. The van der Waals surface area contributed by atoms with Crippen LogP contribution in [0.4, 0.5) is 19.0 Å². The quantitative estimate of drug-likeness (QED) is 0.666. The zero-order valence-electron chi connectivity index (χ0n) is 10.6. The van der Waals surface area contributed by atoms with E-state index in [9.17, 15) is 18.0 Å². The third-order valence-electron chi connectivity index (χ3n) is 2.80. The molecule has 1 aromatic heterocycles. The van der Waals surface area contributed by atoms with Crippen molar-refractivity contribution in [1.82, 2.24) is 4.98 Å². The van der Waals surface area contributed by atoms with E-state index >= 15 is 0 Å². The maximum atomic E-state index is 12.7. The summed E-state index contributed by atoms with van der Waals surface area (Å²) in [6, 6.07) is 7.37. The number of nitrogens with two attached hydrogens (primary N) is 1. The van der Waals surface area contributed by atoms with Crippen LogP contribution in [0.15, 0.2) is 42.6 Å². The van der Waals surface area contributed by atoms with Gasteiger partial charge in [-0.15, -0.1) is 0 Å². The van der Waals surface area contributed by atoms with E-state index in [1.165, 1.54) is 24.4 Å². The molecule has 2 aromatic rings. The summed E-state index contributed by atoms with van der Waals surface area (Å²) >= 11 is 3.18. The minimum absolute atomic E-state index is 0.0258. The fourth-order valence-corrected chi connectivity index (χ4v) is 2.32. The molecule has 0 unspecified atom stereocenters. The number of hydrogen-bond donors (Lipinski definition) is 1. The highest BCUT2D eigenvalue weighted by Gasteiger charge is 2.31. The van der Waals surface area contributed by atoms with Crippen LogP contribution in [0.2, 0.25) is 0 Å². The molecule has 0 saturated heterocycles. The molecule has 3 nitrogen and oxygen atoms in total. The average molecular weight is 359 g/mol. The largest absolute Gasteiger partial charge is 0.416 e. The Morgan fingerprint density at radius 3 is 2.57 bits per heavy atom. The molecule has 0 fully saturated rings. The second kappa shape index (κ2) is 5.85. The molecule has 1 heterocycles. The molecular formula is C14H10BrF3N2O. The van der Waals surface area contributed by atoms with Crippen LogP contribution in [0, 0.1) is 0 Å². The lowest BCUT2D eigenvalue weighted by atomic mass is 10.0. The summed E-state index contributed by atoms with van der Waals surface area (Å²) in [6.07, 6.45) is -3.06. The number of pyridine rings is 1. The average Bonchev–Trinajstić information content (AvgIpc) is 2.45. The summed E-state index contributed by atoms with van der Waals surface area (Å²) < 4.78 is 38.0. The van der Waals surface area contributed by atoms with Gasteiger partial charge in [0.05, 0.1) is 5.56 Å². The maximum absolute atomic E-state index is 12.7. The molecule has 1 aromatic carbocycles. The van der Waals surface area contributed by atoms with Crippen LogP contribution >= 0.6 is 15.9 Å². The van der Waals surface area contributed by atoms with Crippen LogP contribution in [-0.4, -0.2) is 10.8 Å².